The van der Waals surface area contributed by atoms with E-state index in [9.17, 15) is 4.79 Å². The van der Waals surface area contributed by atoms with Gasteiger partial charge in [-0.25, -0.2) is 4.98 Å². The third-order valence-corrected chi connectivity index (χ3v) is 4.90. The standard InChI is InChI=1S/C21H18N2O3S/c24-20(15-27-21-22-18-10-4-5-11-19(18)26-21)23(14-17-9-6-12-25-17)13-16-7-2-1-3-8-16/h1-12H,13-15H2. The minimum Gasteiger partial charge on any atom is -0.467 e. The number of benzene rings is 2. The predicted octanol–water partition coefficient (Wildman–Crippen LogP) is 4.74. The number of oxazole rings is 1. The van der Waals surface area contributed by atoms with Crippen LogP contribution < -0.4 is 0 Å². The monoisotopic (exact) mass is 378 g/mol. The van der Waals surface area contributed by atoms with Gasteiger partial charge >= 0.3 is 0 Å². The van der Waals surface area contributed by atoms with Crippen LogP contribution in [0.25, 0.3) is 11.1 Å². The molecule has 5 nitrogen and oxygen atoms in total. The highest BCUT2D eigenvalue weighted by Gasteiger charge is 2.18. The summed E-state index contributed by atoms with van der Waals surface area (Å²) in [5, 5.41) is 0.502. The molecule has 136 valence electrons. The van der Waals surface area contributed by atoms with E-state index in [1.807, 2.05) is 66.7 Å². The zero-order valence-corrected chi connectivity index (χ0v) is 15.4. The maximum Gasteiger partial charge on any atom is 0.257 e. The molecule has 1 amide bonds. The quantitative estimate of drug-likeness (QED) is 0.435. The fourth-order valence-corrected chi connectivity index (χ4v) is 3.50. The fourth-order valence-electron chi connectivity index (χ4n) is 2.75. The van der Waals surface area contributed by atoms with Crippen molar-refractivity contribution < 1.29 is 13.6 Å². The molecule has 27 heavy (non-hydrogen) atoms. The number of carbonyl (C=O) groups excluding carboxylic acids is 1. The van der Waals surface area contributed by atoms with Gasteiger partial charge in [0.05, 0.1) is 18.6 Å². The van der Waals surface area contributed by atoms with E-state index in [2.05, 4.69) is 4.98 Å². The van der Waals surface area contributed by atoms with Crippen molar-refractivity contribution in [1.82, 2.24) is 9.88 Å². The average Bonchev–Trinajstić information content (AvgIpc) is 3.35. The molecule has 4 rings (SSSR count). The molecule has 2 aromatic carbocycles. The topological polar surface area (TPSA) is 59.5 Å². The lowest BCUT2D eigenvalue weighted by molar-refractivity contribution is -0.129. The van der Waals surface area contributed by atoms with Crippen molar-refractivity contribution >= 4 is 28.8 Å². The Morgan fingerprint density at radius 3 is 2.56 bits per heavy atom. The Labute approximate surface area is 161 Å². The lowest BCUT2D eigenvalue weighted by Crippen LogP contribution is -2.31. The molecule has 0 unspecified atom stereocenters. The minimum absolute atomic E-state index is 0.00232. The Bertz CT molecular complexity index is 979. The number of hydrogen-bond acceptors (Lipinski definition) is 5. The number of thioether (sulfide) groups is 1. The van der Waals surface area contributed by atoms with Crippen LogP contribution in [0, 0.1) is 0 Å². The van der Waals surface area contributed by atoms with Crippen LogP contribution in [0.2, 0.25) is 0 Å². The van der Waals surface area contributed by atoms with Gasteiger partial charge in [-0.15, -0.1) is 0 Å². The van der Waals surface area contributed by atoms with Crippen LogP contribution in [0.5, 0.6) is 0 Å². The Balaban J connectivity index is 1.45. The first-order valence-corrected chi connectivity index (χ1v) is 9.59. The molecule has 0 aliphatic carbocycles. The molecule has 0 bridgehead atoms. The molecule has 6 heteroatoms. The van der Waals surface area contributed by atoms with Gasteiger partial charge in [-0.05, 0) is 29.8 Å². The fraction of sp³-hybridized carbons (Fsp3) is 0.143. The molecular formula is C21H18N2O3S. The highest BCUT2D eigenvalue weighted by molar-refractivity contribution is 7.99. The van der Waals surface area contributed by atoms with E-state index >= 15 is 0 Å². The van der Waals surface area contributed by atoms with Gasteiger partial charge in [-0.2, -0.15) is 0 Å². The van der Waals surface area contributed by atoms with E-state index in [1.165, 1.54) is 11.8 Å². The molecule has 0 aliphatic heterocycles. The molecule has 0 atom stereocenters. The van der Waals surface area contributed by atoms with Crippen molar-refractivity contribution in [3.63, 3.8) is 0 Å². The van der Waals surface area contributed by atoms with Crippen molar-refractivity contribution in [3.05, 3.63) is 84.3 Å². The van der Waals surface area contributed by atoms with E-state index < -0.39 is 0 Å². The highest BCUT2D eigenvalue weighted by atomic mass is 32.2. The van der Waals surface area contributed by atoms with Crippen LogP contribution in [-0.4, -0.2) is 21.5 Å². The number of aromatic nitrogens is 1. The number of hydrogen-bond donors (Lipinski definition) is 0. The van der Waals surface area contributed by atoms with Gasteiger partial charge in [0.15, 0.2) is 5.58 Å². The first kappa shape index (κ1) is 17.4. The highest BCUT2D eigenvalue weighted by Crippen LogP contribution is 2.24. The number of carbonyl (C=O) groups is 1. The number of para-hydroxylation sites is 2. The summed E-state index contributed by atoms with van der Waals surface area (Å²) in [5.74, 6) is 1.01. The normalized spacial score (nSPS) is 11.0. The third-order valence-electron chi connectivity index (χ3n) is 4.09. The molecular weight excluding hydrogens is 360 g/mol. The molecule has 0 spiro atoms. The van der Waals surface area contributed by atoms with Gasteiger partial charge in [-0.1, -0.05) is 54.2 Å². The van der Waals surface area contributed by atoms with E-state index in [1.54, 1.807) is 11.2 Å². The second-order valence-corrected chi connectivity index (χ2v) is 6.98. The van der Waals surface area contributed by atoms with Gasteiger partial charge in [0, 0.05) is 6.54 Å². The number of rotatable bonds is 7. The van der Waals surface area contributed by atoms with Crippen LogP contribution in [0.15, 0.2) is 87.1 Å². The average molecular weight is 378 g/mol. The van der Waals surface area contributed by atoms with Crippen molar-refractivity contribution in [2.75, 3.05) is 5.75 Å². The van der Waals surface area contributed by atoms with E-state index in [4.69, 9.17) is 8.83 Å². The van der Waals surface area contributed by atoms with Crippen molar-refractivity contribution in [2.24, 2.45) is 0 Å². The second kappa shape index (κ2) is 8.14. The van der Waals surface area contributed by atoms with E-state index in [-0.39, 0.29) is 11.7 Å². The SMILES string of the molecule is O=C(CSc1nc2ccccc2o1)N(Cc1ccccc1)Cc1ccco1. The molecule has 0 fully saturated rings. The van der Waals surface area contributed by atoms with Gasteiger partial charge in [-0.3, -0.25) is 4.79 Å². The Kier molecular flexibility index (Phi) is 5.25. The first-order valence-electron chi connectivity index (χ1n) is 8.60. The summed E-state index contributed by atoms with van der Waals surface area (Å²) in [6.07, 6.45) is 1.62. The van der Waals surface area contributed by atoms with E-state index in [0.29, 0.717) is 18.3 Å². The summed E-state index contributed by atoms with van der Waals surface area (Å²) in [4.78, 5) is 19.0. The number of fused-ring (bicyclic) bond motifs is 1. The maximum absolute atomic E-state index is 12.9. The summed E-state index contributed by atoms with van der Waals surface area (Å²) in [6, 6.07) is 21.2. The molecule has 0 N–H and O–H groups in total. The van der Waals surface area contributed by atoms with Crippen LogP contribution in [0.4, 0.5) is 0 Å². The zero-order chi connectivity index (χ0) is 18.5. The van der Waals surface area contributed by atoms with Gasteiger partial charge in [0.25, 0.3) is 5.22 Å². The molecule has 0 radical (unpaired) electrons. The number of nitrogens with zero attached hydrogens (tertiary/aromatic N) is 2. The van der Waals surface area contributed by atoms with Crippen molar-refractivity contribution in [3.8, 4) is 0 Å². The second-order valence-electron chi connectivity index (χ2n) is 6.05. The van der Waals surface area contributed by atoms with Gasteiger partial charge in [0.2, 0.25) is 5.91 Å². The summed E-state index contributed by atoms with van der Waals surface area (Å²) in [6.45, 7) is 0.948. The van der Waals surface area contributed by atoms with Crippen LogP contribution in [-0.2, 0) is 17.9 Å². The minimum atomic E-state index is 0.00232. The number of amides is 1. The van der Waals surface area contributed by atoms with Gasteiger partial charge < -0.3 is 13.7 Å². The van der Waals surface area contributed by atoms with Gasteiger partial charge in [0.1, 0.15) is 11.3 Å². The Hall–Kier alpha value is -2.99. The van der Waals surface area contributed by atoms with Crippen LogP contribution in [0.1, 0.15) is 11.3 Å². The number of furan rings is 1. The summed E-state index contributed by atoms with van der Waals surface area (Å²) in [7, 11) is 0. The molecule has 0 aliphatic rings. The summed E-state index contributed by atoms with van der Waals surface area (Å²) in [5.41, 5.74) is 2.60. The zero-order valence-electron chi connectivity index (χ0n) is 14.6. The molecule has 0 saturated carbocycles. The Morgan fingerprint density at radius 1 is 0.963 bits per heavy atom. The van der Waals surface area contributed by atoms with Crippen molar-refractivity contribution in [2.45, 2.75) is 18.3 Å². The van der Waals surface area contributed by atoms with E-state index in [0.717, 1.165) is 22.4 Å². The molecule has 0 saturated heterocycles. The predicted molar refractivity (Wildman–Crippen MR) is 104 cm³/mol. The van der Waals surface area contributed by atoms with Crippen LogP contribution in [0.3, 0.4) is 0 Å². The molecule has 4 aromatic rings. The smallest absolute Gasteiger partial charge is 0.257 e. The Morgan fingerprint density at radius 2 is 1.78 bits per heavy atom. The van der Waals surface area contributed by atoms with Crippen molar-refractivity contribution in [1.29, 1.82) is 0 Å². The largest absolute Gasteiger partial charge is 0.467 e. The third kappa shape index (κ3) is 4.41. The lowest BCUT2D eigenvalue weighted by Gasteiger charge is -2.21. The first-order chi connectivity index (χ1) is 13.3. The summed E-state index contributed by atoms with van der Waals surface area (Å²) < 4.78 is 11.1. The molecule has 2 heterocycles. The maximum atomic E-state index is 12.9. The van der Waals surface area contributed by atoms with Crippen LogP contribution >= 0.6 is 11.8 Å². The summed E-state index contributed by atoms with van der Waals surface area (Å²) >= 11 is 1.31. The molecule has 2 aromatic heterocycles. The lowest BCUT2D eigenvalue weighted by atomic mass is 10.2.